The van der Waals surface area contributed by atoms with Crippen molar-refractivity contribution in [1.29, 1.82) is 0 Å². The molecule has 0 heterocycles. The number of carbonyl (C=O) groups excluding carboxylic acids is 3. The minimum absolute atomic E-state index is 0.542. The Hall–Kier alpha value is -1.71. The van der Waals surface area contributed by atoms with Crippen LogP contribution in [0.25, 0.3) is 0 Å². The third-order valence-corrected chi connectivity index (χ3v) is 2.03. The summed E-state index contributed by atoms with van der Waals surface area (Å²) >= 11 is 0. The van der Waals surface area contributed by atoms with Crippen molar-refractivity contribution in [3.8, 4) is 0 Å². The average Bonchev–Trinajstić information content (AvgIpc) is 2.16. The van der Waals surface area contributed by atoms with Crippen LogP contribution in [0.4, 0.5) is 0 Å². The largest absolute Gasteiger partial charge is 0.293 e. The van der Waals surface area contributed by atoms with Crippen LogP contribution in [0.15, 0.2) is 23.3 Å². The molecule has 0 unspecified atom stereocenters. The minimum atomic E-state index is -0.872. The number of Topliss-reactive ketones (excluding diaryl/α,β-unsaturated/α-hetero) is 1. The summed E-state index contributed by atoms with van der Waals surface area (Å²) < 4.78 is 0. The molecule has 0 saturated carbocycles. The van der Waals surface area contributed by atoms with Crippen molar-refractivity contribution in [2.45, 2.75) is 40.5 Å². The van der Waals surface area contributed by atoms with Gasteiger partial charge in [-0.15, -0.1) is 0 Å². The van der Waals surface area contributed by atoms with Gasteiger partial charge in [0.25, 0.3) is 11.8 Å². The molecule has 0 saturated heterocycles. The van der Waals surface area contributed by atoms with Crippen LogP contribution < -0.4 is 5.32 Å². The number of imide groups is 1. The molecular weight excluding hydrogens is 218 g/mol. The maximum Gasteiger partial charge on any atom is 0.293 e. The summed E-state index contributed by atoms with van der Waals surface area (Å²) in [5, 5.41) is 1.99. The van der Waals surface area contributed by atoms with Gasteiger partial charge < -0.3 is 0 Å². The molecule has 0 bridgehead atoms. The molecule has 2 amide bonds. The first-order chi connectivity index (χ1) is 7.82. The van der Waals surface area contributed by atoms with Crippen LogP contribution in [0.5, 0.6) is 0 Å². The molecule has 0 aromatic rings. The Morgan fingerprint density at radius 3 is 2.12 bits per heavy atom. The van der Waals surface area contributed by atoms with Crippen molar-refractivity contribution in [2.75, 3.05) is 0 Å². The first kappa shape index (κ1) is 15.3. The molecule has 0 aromatic carbocycles. The molecule has 0 rings (SSSR count). The van der Waals surface area contributed by atoms with Crippen LogP contribution >= 0.6 is 0 Å². The molecule has 94 valence electrons. The second-order valence-electron chi connectivity index (χ2n) is 4.19. The van der Waals surface area contributed by atoms with Gasteiger partial charge in [0.15, 0.2) is 0 Å². The van der Waals surface area contributed by atoms with Crippen molar-refractivity contribution in [3.63, 3.8) is 0 Å². The number of hydrogen-bond donors (Lipinski definition) is 1. The zero-order valence-electron chi connectivity index (χ0n) is 10.8. The fraction of sp³-hybridized carbons (Fsp3) is 0.462. The standard InChI is InChI=1S/C13H19NO3/c1-9(2)6-5-7-10(3)8-12(16)14-13(17)11(4)15/h6,8H,5,7H2,1-4H3,(H,14,16,17)/b10-8+. The zero-order valence-corrected chi connectivity index (χ0v) is 10.8. The van der Waals surface area contributed by atoms with Gasteiger partial charge >= 0.3 is 0 Å². The lowest BCUT2D eigenvalue weighted by Crippen LogP contribution is -2.33. The SMILES string of the molecule is CC(=O)C(=O)NC(=O)/C=C(\C)CCC=C(C)C. The number of hydrogen-bond acceptors (Lipinski definition) is 3. The molecule has 0 aliphatic heterocycles. The highest BCUT2D eigenvalue weighted by Crippen LogP contribution is 2.06. The Kier molecular flexibility index (Phi) is 6.79. The van der Waals surface area contributed by atoms with E-state index in [2.05, 4.69) is 6.08 Å². The topological polar surface area (TPSA) is 63.2 Å². The van der Waals surface area contributed by atoms with E-state index >= 15 is 0 Å². The Morgan fingerprint density at radius 2 is 1.65 bits per heavy atom. The van der Waals surface area contributed by atoms with E-state index in [0.29, 0.717) is 0 Å². The maximum absolute atomic E-state index is 11.3. The summed E-state index contributed by atoms with van der Waals surface area (Å²) in [7, 11) is 0. The quantitative estimate of drug-likeness (QED) is 0.451. The van der Waals surface area contributed by atoms with E-state index in [0.717, 1.165) is 25.3 Å². The van der Waals surface area contributed by atoms with E-state index in [1.807, 2.05) is 26.1 Å². The number of rotatable bonds is 5. The summed E-state index contributed by atoms with van der Waals surface area (Å²) in [6.07, 6.45) is 5.04. The summed E-state index contributed by atoms with van der Waals surface area (Å²) in [5.41, 5.74) is 2.10. The molecule has 0 aliphatic carbocycles. The highest BCUT2D eigenvalue weighted by atomic mass is 16.2. The predicted molar refractivity (Wildman–Crippen MR) is 66.3 cm³/mol. The molecular formula is C13H19NO3. The van der Waals surface area contributed by atoms with Crippen LogP contribution in [0.3, 0.4) is 0 Å². The smallest absolute Gasteiger partial charge is 0.289 e. The molecule has 17 heavy (non-hydrogen) atoms. The highest BCUT2D eigenvalue weighted by molar-refractivity contribution is 6.38. The summed E-state index contributed by atoms with van der Waals surface area (Å²) in [4.78, 5) is 32.8. The molecule has 0 aromatic heterocycles. The van der Waals surface area contributed by atoms with Gasteiger partial charge in [-0.3, -0.25) is 19.7 Å². The second kappa shape index (κ2) is 7.54. The van der Waals surface area contributed by atoms with E-state index in [1.165, 1.54) is 11.6 Å². The first-order valence-corrected chi connectivity index (χ1v) is 5.49. The summed E-state index contributed by atoms with van der Waals surface area (Å²) in [6.45, 7) is 6.96. The van der Waals surface area contributed by atoms with Gasteiger partial charge in [-0.2, -0.15) is 0 Å². The van der Waals surface area contributed by atoms with Crippen molar-refractivity contribution in [1.82, 2.24) is 5.32 Å². The lowest BCUT2D eigenvalue weighted by Gasteiger charge is -2.00. The Morgan fingerprint density at radius 1 is 1.06 bits per heavy atom. The van der Waals surface area contributed by atoms with E-state index in [4.69, 9.17) is 0 Å². The van der Waals surface area contributed by atoms with Crippen molar-refractivity contribution >= 4 is 17.6 Å². The van der Waals surface area contributed by atoms with Crippen LogP contribution in [0.1, 0.15) is 40.5 Å². The van der Waals surface area contributed by atoms with Crippen molar-refractivity contribution < 1.29 is 14.4 Å². The predicted octanol–water partition coefficient (Wildman–Crippen LogP) is 1.91. The van der Waals surface area contributed by atoms with Gasteiger partial charge in [0.05, 0.1) is 0 Å². The monoisotopic (exact) mass is 237 g/mol. The first-order valence-electron chi connectivity index (χ1n) is 5.49. The van der Waals surface area contributed by atoms with Crippen molar-refractivity contribution in [2.24, 2.45) is 0 Å². The van der Waals surface area contributed by atoms with E-state index in [9.17, 15) is 14.4 Å². The van der Waals surface area contributed by atoms with Gasteiger partial charge in [-0.05, 0) is 33.6 Å². The molecule has 0 atom stereocenters. The molecule has 4 heteroatoms. The summed E-state index contributed by atoms with van der Waals surface area (Å²) in [6, 6.07) is 0. The van der Waals surface area contributed by atoms with Crippen LogP contribution in [-0.2, 0) is 14.4 Å². The Balaban J connectivity index is 4.20. The van der Waals surface area contributed by atoms with Gasteiger partial charge in [0.1, 0.15) is 0 Å². The zero-order chi connectivity index (χ0) is 13.4. The molecule has 0 fully saturated rings. The molecule has 0 radical (unpaired) electrons. The molecule has 4 nitrogen and oxygen atoms in total. The fourth-order valence-corrected chi connectivity index (χ4v) is 1.12. The van der Waals surface area contributed by atoms with Crippen LogP contribution in [-0.4, -0.2) is 17.6 Å². The number of amides is 2. The number of ketones is 1. The Labute approximate surface area is 102 Å². The van der Waals surface area contributed by atoms with E-state index in [-0.39, 0.29) is 0 Å². The average molecular weight is 237 g/mol. The second-order valence-corrected chi connectivity index (χ2v) is 4.19. The van der Waals surface area contributed by atoms with Gasteiger partial charge in [0, 0.05) is 13.0 Å². The molecule has 0 spiro atoms. The lowest BCUT2D eigenvalue weighted by molar-refractivity contribution is -0.139. The van der Waals surface area contributed by atoms with E-state index in [1.54, 1.807) is 0 Å². The van der Waals surface area contributed by atoms with Crippen molar-refractivity contribution in [3.05, 3.63) is 23.3 Å². The Bertz CT molecular complexity index is 374. The third-order valence-electron chi connectivity index (χ3n) is 2.03. The number of carbonyl (C=O) groups is 3. The van der Waals surface area contributed by atoms with Gasteiger partial charge in [-0.1, -0.05) is 17.2 Å². The van der Waals surface area contributed by atoms with E-state index < -0.39 is 17.6 Å². The van der Waals surface area contributed by atoms with Crippen LogP contribution in [0, 0.1) is 0 Å². The highest BCUT2D eigenvalue weighted by Gasteiger charge is 2.09. The molecule has 0 aliphatic rings. The third kappa shape index (κ3) is 8.13. The molecule has 1 N–H and O–H groups in total. The number of nitrogens with one attached hydrogen (secondary N) is 1. The van der Waals surface area contributed by atoms with Gasteiger partial charge in [0.2, 0.25) is 5.78 Å². The number of allylic oxidation sites excluding steroid dienone is 3. The minimum Gasteiger partial charge on any atom is -0.289 e. The van der Waals surface area contributed by atoms with Gasteiger partial charge in [-0.25, -0.2) is 0 Å². The van der Waals surface area contributed by atoms with Crippen LogP contribution in [0.2, 0.25) is 0 Å². The summed E-state index contributed by atoms with van der Waals surface area (Å²) in [5.74, 6) is -2.09. The maximum atomic E-state index is 11.3. The normalized spacial score (nSPS) is 10.7. The lowest BCUT2D eigenvalue weighted by atomic mass is 10.1. The fourth-order valence-electron chi connectivity index (χ4n) is 1.12.